The standard InChI is InChI=1S/C22H25FN6S/c1-3-16-17(12-24)21(29-8-4-7-28(2)9-10-29)27-22(18(16)13-25)30-14-15-5-6-20(26)19(23)11-15/h5-6,11H,3-4,7-10,14,26H2,1-2H3. The summed E-state index contributed by atoms with van der Waals surface area (Å²) in [6.45, 7) is 5.43. The number of hydrogen-bond acceptors (Lipinski definition) is 7. The van der Waals surface area contributed by atoms with Crippen molar-refractivity contribution in [1.29, 1.82) is 10.5 Å². The summed E-state index contributed by atoms with van der Waals surface area (Å²) >= 11 is 1.38. The van der Waals surface area contributed by atoms with Gasteiger partial charge in [-0.25, -0.2) is 9.37 Å². The van der Waals surface area contributed by atoms with Crippen LogP contribution in [0.25, 0.3) is 0 Å². The van der Waals surface area contributed by atoms with Crippen molar-refractivity contribution in [2.45, 2.75) is 30.5 Å². The van der Waals surface area contributed by atoms with E-state index in [0.717, 1.165) is 43.7 Å². The molecule has 1 aromatic carbocycles. The van der Waals surface area contributed by atoms with Crippen molar-refractivity contribution < 1.29 is 4.39 Å². The summed E-state index contributed by atoms with van der Waals surface area (Å²) in [5.74, 6) is 0.649. The van der Waals surface area contributed by atoms with Crippen LogP contribution in [0.15, 0.2) is 23.2 Å². The van der Waals surface area contributed by atoms with Crippen molar-refractivity contribution in [2.75, 3.05) is 43.9 Å². The van der Waals surface area contributed by atoms with E-state index in [1.54, 1.807) is 12.1 Å². The molecule has 2 N–H and O–H groups in total. The van der Waals surface area contributed by atoms with Gasteiger partial charge in [0.1, 0.15) is 28.8 Å². The van der Waals surface area contributed by atoms with Crippen molar-refractivity contribution in [3.63, 3.8) is 0 Å². The Morgan fingerprint density at radius 1 is 1.17 bits per heavy atom. The summed E-state index contributed by atoms with van der Waals surface area (Å²) < 4.78 is 13.8. The van der Waals surface area contributed by atoms with Gasteiger partial charge in [-0.05, 0) is 49.7 Å². The fraction of sp³-hybridized carbons (Fsp3) is 0.409. The number of nitrogen functional groups attached to an aromatic ring is 1. The van der Waals surface area contributed by atoms with Crippen LogP contribution in [-0.4, -0.2) is 43.1 Å². The summed E-state index contributed by atoms with van der Waals surface area (Å²) in [6, 6.07) is 9.25. The summed E-state index contributed by atoms with van der Waals surface area (Å²) in [5, 5.41) is 20.2. The first-order valence-corrected chi connectivity index (χ1v) is 10.9. The van der Waals surface area contributed by atoms with Crippen LogP contribution in [0.3, 0.4) is 0 Å². The van der Waals surface area contributed by atoms with E-state index in [1.807, 2.05) is 6.92 Å². The Morgan fingerprint density at radius 3 is 2.60 bits per heavy atom. The minimum Gasteiger partial charge on any atom is -0.396 e. The van der Waals surface area contributed by atoms with E-state index >= 15 is 0 Å². The summed E-state index contributed by atoms with van der Waals surface area (Å²) in [4.78, 5) is 9.19. The molecule has 0 radical (unpaired) electrons. The second-order valence-electron chi connectivity index (χ2n) is 7.33. The van der Waals surface area contributed by atoms with Crippen LogP contribution < -0.4 is 10.6 Å². The third-order valence-corrected chi connectivity index (χ3v) is 6.33. The highest BCUT2D eigenvalue weighted by Crippen LogP contribution is 2.34. The van der Waals surface area contributed by atoms with Gasteiger partial charge in [0.2, 0.25) is 0 Å². The van der Waals surface area contributed by atoms with E-state index in [1.165, 1.54) is 17.8 Å². The first-order chi connectivity index (χ1) is 14.5. The average Bonchev–Trinajstić information content (AvgIpc) is 2.97. The minimum atomic E-state index is -0.454. The maximum atomic E-state index is 13.8. The van der Waals surface area contributed by atoms with Crippen molar-refractivity contribution in [1.82, 2.24) is 9.88 Å². The predicted octanol–water partition coefficient (Wildman–Crippen LogP) is 3.54. The Hall–Kier alpha value is -2.81. The van der Waals surface area contributed by atoms with Crippen LogP contribution in [0.1, 0.15) is 35.6 Å². The molecule has 2 heterocycles. The van der Waals surface area contributed by atoms with Crippen molar-refractivity contribution in [2.24, 2.45) is 0 Å². The van der Waals surface area contributed by atoms with E-state index in [9.17, 15) is 14.9 Å². The lowest BCUT2D eigenvalue weighted by Gasteiger charge is -2.25. The zero-order valence-corrected chi connectivity index (χ0v) is 18.1. The molecule has 156 valence electrons. The number of rotatable bonds is 5. The zero-order chi connectivity index (χ0) is 21.7. The molecule has 0 unspecified atom stereocenters. The molecule has 1 aliphatic rings. The number of anilines is 2. The molecular weight excluding hydrogens is 399 g/mol. The van der Waals surface area contributed by atoms with Gasteiger partial charge in [0.25, 0.3) is 0 Å². The molecule has 0 amide bonds. The molecule has 1 fully saturated rings. The minimum absolute atomic E-state index is 0.111. The Kier molecular flexibility index (Phi) is 7.15. The maximum absolute atomic E-state index is 13.8. The number of nitrogens with zero attached hydrogens (tertiary/aromatic N) is 5. The number of hydrogen-bond donors (Lipinski definition) is 1. The molecule has 0 saturated carbocycles. The largest absolute Gasteiger partial charge is 0.396 e. The van der Waals surface area contributed by atoms with Crippen molar-refractivity contribution >= 4 is 23.3 Å². The number of halogens is 1. The monoisotopic (exact) mass is 424 g/mol. The van der Waals surface area contributed by atoms with Gasteiger partial charge in [0.05, 0.1) is 16.8 Å². The van der Waals surface area contributed by atoms with E-state index < -0.39 is 5.82 Å². The SMILES string of the molecule is CCc1c(C#N)c(SCc2ccc(N)c(F)c2)nc(N2CCCN(C)CC2)c1C#N. The van der Waals surface area contributed by atoms with Gasteiger partial charge < -0.3 is 15.5 Å². The van der Waals surface area contributed by atoms with Crippen molar-refractivity contribution in [3.05, 3.63) is 46.3 Å². The predicted molar refractivity (Wildman–Crippen MR) is 118 cm³/mol. The fourth-order valence-corrected chi connectivity index (χ4v) is 4.53. The van der Waals surface area contributed by atoms with Crippen LogP contribution in [0.2, 0.25) is 0 Å². The smallest absolute Gasteiger partial charge is 0.148 e. The normalized spacial score (nSPS) is 14.8. The van der Waals surface area contributed by atoms with Crippen LogP contribution >= 0.6 is 11.8 Å². The number of pyridine rings is 1. The van der Waals surface area contributed by atoms with E-state index in [-0.39, 0.29) is 5.69 Å². The summed E-state index contributed by atoms with van der Waals surface area (Å²) in [6.07, 6.45) is 1.55. The average molecular weight is 425 g/mol. The third kappa shape index (κ3) is 4.67. The van der Waals surface area contributed by atoms with Gasteiger partial charge in [-0.2, -0.15) is 10.5 Å². The lowest BCUT2D eigenvalue weighted by molar-refractivity contribution is 0.360. The van der Waals surface area contributed by atoms with E-state index in [4.69, 9.17) is 10.7 Å². The van der Waals surface area contributed by atoms with Crippen LogP contribution in [0.4, 0.5) is 15.9 Å². The number of likely N-dealkylation sites (N-methyl/N-ethyl adjacent to an activating group) is 1. The molecule has 0 aliphatic carbocycles. The third-order valence-electron chi connectivity index (χ3n) is 5.29. The van der Waals surface area contributed by atoms with Crippen LogP contribution in [-0.2, 0) is 12.2 Å². The second-order valence-corrected chi connectivity index (χ2v) is 8.30. The molecule has 1 aromatic heterocycles. The number of nitrogens with two attached hydrogens (primary N) is 1. The Labute approximate surface area is 181 Å². The first-order valence-electron chi connectivity index (χ1n) is 9.95. The highest BCUT2D eigenvalue weighted by atomic mass is 32.2. The highest BCUT2D eigenvalue weighted by molar-refractivity contribution is 7.98. The molecule has 3 rings (SSSR count). The first kappa shape index (κ1) is 21.9. The molecule has 0 spiro atoms. The molecule has 1 aliphatic heterocycles. The lowest BCUT2D eigenvalue weighted by atomic mass is 10.0. The maximum Gasteiger partial charge on any atom is 0.148 e. The number of aromatic nitrogens is 1. The van der Waals surface area contributed by atoms with E-state index in [2.05, 4.69) is 29.0 Å². The van der Waals surface area contributed by atoms with E-state index in [0.29, 0.717) is 34.1 Å². The fourth-order valence-electron chi connectivity index (χ4n) is 3.59. The topological polar surface area (TPSA) is 93.0 Å². The molecule has 0 atom stereocenters. The number of thioether (sulfide) groups is 1. The molecule has 2 aromatic rings. The molecule has 1 saturated heterocycles. The Bertz CT molecular complexity index is 1010. The molecule has 6 nitrogen and oxygen atoms in total. The zero-order valence-electron chi connectivity index (χ0n) is 17.3. The molecule has 8 heteroatoms. The number of benzene rings is 1. The molecule has 0 bridgehead atoms. The molecule has 30 heavy (non-hydrogen) atoms. The van der Waals surface area contributed by atoms with Gasteiger partial charge in [-0.15, -0.1) is 11.8 Å². The lowest BCUT2D eigenvalue weighted by Crippen LogP contribution is -2.30. The summed E-state index contributed by atoms with van der Waals surface area (Å²) in [7, 11) is 2.09. The van der Waals surface area contributed by atoms with Crippen molar-refractivity contribution in [3.8, 4) is 12.1 Å². The van der Waals surface area contributed by atoms with Gasteiger partial charge in [0, 0.05) is 25.4 Å². The highest BCUT2D eigenvalue weighted by Gasteiger charge is 2.24. The molecular formula is C22H25FN6S. The Balaban J connectivity index is 2.00. The summed E-state index contributed by atoms with van der Waals surface area (Å²) in [5.41, 5.74) is 8.09. The van der Waals surface area contributed by atoms with Crippen LogP contribution in [0.5, 0.6) is 0 Å². The Morgan fingerprint density at radius 2 is 1.93 bits per heavy atom. The van der Waals surface area contributed by atoms with Gasteiger partial charge in [-0.3, -0.25) is 0 Å². The van der Waals surface area contributed by atoms with Gasteiger partial charge >= 0.3 is 0 Å². The quantitative estimate of drug-likeness (QED) is 0.579. The number of nitriles is 2. The van der Waals surface area contributed by atoms with Gasteiger partial charge in [-0.1, -0.05) is 13.0 Å². The van der Waals surface area contributed by atoms with Gasteiger partial charge in [0.15, 0.2) is 0 Å². The second kappa shape index (κ2) is 9.80. The van der Waals surface area contributed by atoms with Crippen LogP contribution in [0, 0.1) is 28.5 Å².